The van der Waals surface area contributed by atoms with Gasteiger partial charge in [-0.3, -0.25) is 0 Å². The van der Waals surface area contributed by atoms with Gasteiger partial charge in [0.15, 0.2) is 0 Å². The number of allylic oxidation sites excluding steroid dienone is 1. The molecular formula is C16H31N. The molecule has 1 N–H and O–H groups in total. The Morgan fingerprint density at radius 2 is 1.88 bits per heavy atom. The number of hydrogen-bond acceptors (Lipinski definition) is 1. The number of hydrogen-bond donors (Lipinski definition) is 1. The summed E-state index contributed by atoms with van der Waals surface area (Å²) in [6.07, 6.45) is 5.41. The highest BCUT2D eigenvalue weighted by atomic mass is 14.9. The molecule has 1 saturated carbocycles. The van der Waals surface area contributed by atoms with Crippen molar-refractivity contribution in [3.8, 4) is 0 Å². The van der Waals surface area contributed by atoms with Crippen molar-refractivity contribution in [2.75, 3.05) is 6.54 Å². The Labute approximate surface area is 108 Å². The standard InChI is InChI=1S/C16H31N/c1-12(2)9-15-10-13(3)7-8-14(15)11-17-16(4,5)6/h13-15,17H,1,7-11H2,2-6H3. The fraction of sp³-hybridized carbons (Fsp3) is 0.875. The van der Waals surface area contributed by atoms with Gasteiger partial charge in [0.05, 0.1) is 0 Å². The second-order valence-corrected chi connectivity index (χ2v) is 7.23. The normalized spacial score (nSPS) is 30.3. The molecule has 0 heterocycles. The molecule has 0 radical (unpaired) electrons. The molecule has 0 aliphatic heterocycles. The first-order valence-corrected chi connectivity index (χ1v) is 7.17. The van der Waals surface area contributed by atoms with Gasteiger partial charge >= 0.3 is 0 Å². The molecule has 0 aromatic heterocycles. The van der Waals surface area contributed by atoms with Gasteiger partial charge in [-0.2, -0.15) is 0 Å². The van der Waals surface area contributed by atoms with E-state index in [4.69, 9.17) is 0 Å². The van der Waals surface area contributed by atoms with Crippen LogP contribution in [-0.2, 0) is 0 Å². The first kappa shape index (κ1) is 14.8. The van der Waals surface area contributed by atoms with E-state index in [0.29, 0.717) is 0 Å². The summed E-state index contributed by atoms with van der Waals surface area (Å²) in [5, 5.41) is 3.68. The molecule has 0 aromatic rings. The Hall–Kier alpha value is -0.300. The van der Waals surface area contributed by atoms with Gasteiger partial charge in [-0.1, -0.05) is 18.9 Å². The minimum atomic E-state index is 0.247. The van der Waals surface area contributed by atoms with Gasteiger partial charge in [-0.15, -0.1) is 6.58 Å². The predicted molar refractivity (Wildman–Crippen MR) is 77.2 cm³/mol. The van der Waals surface area contributed by atoms with E-state index in [9.17, 15) is 0 Å². The number of rotatable bonds is 4. The summed E-state index contributed by atoms with van der Waals surface area (Å²) in [7, 11) is 0. The van der Waals surface area contributed by atoms with Gasteiger partial charge in [0, 0.05) is 5.54 Å². The highest BCUT2D eigenvalue weighted by Gasteiger charge is 2.29. The fourth-order valence-corrected chi connectivity index (χ4v) is 2.97. The maximum Gasteiger partial charge on any atom is 0.00966 e. The van der Waals surface area contributed by atoms with Crippen LogP contribution in [0.2, 0.25) is 0 Å². The van der Waals surface area contributed by atoms with Crippen molar-refractivity contribution in [1.29, 1.82) is 0 Å². The molecule has 1 aliphatic carbocycles. The Kier molecular flexibility index (Phi) is 5.24. The van der Waals surface area contributed by atoms with Crippen LogP contribution < -0.4 is 5.32 Å². The summed E-state index contributed by atoms with van der Waals surface area (Å²) in [6, 6.07) is 0. The third-order valence-electron chi connectivity index (χ3n) is 3.91. The summed E-state index contributed by atoms with van der Waals surface area (Å²) in [5.41, 5.74) is 1.60. The maximum absolute atomic E-state index is 4.10. The molecule has 1 nitrogen and oxygen atoms in total. The average molecular weight is 237 g/mol. The molecule has 0 aromatic carbocycles. The Balaban J connectivity index is 2.51. The summed E-state index contributed by atoms with van der Waals surface area (Å²) < 4.78 is 0. The van der Waals surface area contributed by atoms with Crippen molar-refractivity contribution in [2.24, 2.45) is 17.8 Å². The maximum atomic E-state index is 4.10. The zero-order valence-corrected chi connectivity index (χ0v) is 12.5. The van der Waals surface area contributed by atoms with Crippen LogP contribution in [0.15, 0.2) is 12.2 Å². The lowest BCUT2D eigenvalue weighted by Gasteiger charge is -2.37. The van der Waals surface area contributed by atoms with Crippen molar-refractivity contribution in [3.63, 3.8) is 0 Å². The van der Waals surface area contributed by atoms with Gasteiger partial charge < -0.3 is 5.32 Å². The van der Waals surface area contributed by atoms with E-state index in [2.05, 4.69) is 46.5 Å². The van der Waals surface area contributed by atoms with Crippen LogP contribution in [0.4, 0.5) is 0 Å². The Morgan fingerprint density at radius 3 is 2.41 bits per heavy atom. The SMILES string of the molecule is C=C(C)CC1CC(C)CCC1CNC(C)(C)C. The fourth-order valence-electron chi connectivity index (χ4n) is 2.97. The molecule has 17 heavy (non-hydrogen) atoms. The van der Waals surface area contributed by atoms with E-state index in [1.807, 2.05) is 0 Å². The van der Waals surface area contributed by atoms with E-state index >= 15 is 0 Å². The van der Waals surface area contributed by atoms with E-state index in [1.54, 1.807) is 0 Å². The van der Waals surface area contributed by atoms with E-state index in [1.165, 1.54) is 37.8 Å². The van der Waals surface area contributed by atoms with Crippen molar-refractivity contribution in [3.05, 3.63) is 12.2 Å². The first-order chi connectivity index (χ1) is 7.78. The van der Waals surface area contributed by atoms with Crippen LogP contribution in [0.1, 0.15) is 60.3 Å². The second kappa shape index (κ2) is 6.04. The molecular weight excluding hydrogens is 206 g/mol. The molecule has 0 spiro atoms. The van der Waals surface area contributed by atoms with Gasteiger partial charge in [-0.25, -0.2) is 0 Å². The number of nitrogens with one attached hydrogen (secondary N) is 1. The second-order valence-electron chi connectivity index (χ2n) is 7.23. The quantitative estimate of drug-likeness (QED) is 0.715. The minimum absolute atomic E-state index is 0.247. The topological polar surface area (TPSA) is 12.0 Å². The summed E-state index contributed by atoms with van der Waals surface area (Å²) in [4.78, 5) is 0. The third-order valence-corrected chi connectivity index (χ3v) is 3.91. The first-order valence-electron chi connectivity index (χ1n) is 7.17. The Morgan fingerprint density at radius 1 is 1.24 bits per heavy atom. The molecule has 0 amide bonds. The van der Waals surface area contributed by atoms with E-state index < -0.39 is 0 Å². The molecule has 3 atom stereocenters. The molecule has 0 saturated heterocycles. The predicted octanol–water partition coefficient (Wildman–Crippen LogP) is 4.39. The van der Waals surface area contributed by atoms with E-state index in [-0.39, 0.29) is 5.54 Å². The molecule has 1 rings (SSSR count). The van der Waals surface area contributed by atoms with Crippen LogP contribution in [0.5, 0.6) is 0 Å². The zero-order chi connectivity index (χ0) is 13.1. The lowest BCUT2D eigenvalue weighted by molar-refractivity contribution is 0.174. The molecule has 1 fully saturated rings. The van der Waals surface area contributed by atoms with Crippen molar-refractivity contribution in [2.45, 2.75) is 65.8 Å². The Bertz CT molecular complexity index is 249. The monoisotopic (exact) mass is 237 g/mol. The molecule has 0 bridgehead atoms. The average Bonchev–Trinajstić information content (AvgIpc) is 2.14. The van der Waals surface area contributed by atoms with Gasteiger partial charge in [0.1, 0.15) is 0 Å². The van der Waals surface area contributed by atoms with Crippen LogP contribution in [0.3, 0.4) is 0 Å². The smallest absolute Gasteiger partial charge is 0.00966 e. The summed E-state index contributed by atoms with van der Waals surface area (Å²) >= 11 is 0. The molecule has 100 valence electrons. The van der Waals surface area contributed by atoms with Crippen LogP contribution in [0, 0.1) is 17.8 Å². The van der Waals surface area contributed by atoms with Crippen LogP contribution >= 0.6 is 0 Å². The lowest BCUT2D eigenvalue weighted by Crippen LogP contribution is -2.42. The van der Waals surface area contributed by atoms with E-state index in [0.717, 1.165) is 17.8 Å². The minimum Gasteiger partial charge on any atom is -0.312 e. The largest absolute Gasteiger partial charge is 0.312 e. The van der Waals surface area contributed by atoms with Crippen molar-refractivity contribution >= 4 is 0 Å². The van der Waals surface area contributed by atoms with Crippen LogP contribution in [0.25, 0.3) is 0 Å². The molecule has 3 unspecified atom stereocenters. The van der Waals surface area contributed by atoms with Gasteiger partial charge in [-0.05, 0) is 71.3 Å². The lowest BCUT2D eigenvalue weighted by atomic mass is 9.72. The highest BCUT2D eigenvalue weighted by Crippen LogP contribution is 2.36. The molecule has 1 heteroatoms. The molecule has 1 aliphatic rings. The summed E-state index contributed by atoms with van der Waals surface area (Å²) in [5.74, 6) is 2.61. The van der Waals surface area contributed by atoms with Crippen molar-refractivity contribution < 1.29 is 0 Å². The highest BCUT2D eigenvalue weighted by molar-refractivity contribution is 4.94. The third kappa shape index (κ3) is 5.72. The zero-order valence-electron chi connectivity index (χ0n) is 12.5. The van der Waals surface area contributed by atoms with Crippen molar-refractivity contribution in [1.82, 2.24) is 5.32 Å². The van der Waals surface area contributed by atoms with Gasteiger partial charge in [0.2, 0.25) is 0 Å². The van der Waals surface area contributed by atoms with Crippen LogP contribution in [-0.4, -0.2) is 12.1 Å². The summed E-state index contributed by atoms with van der Waals surface area (Å²) in [6.45, 7) is 16.6. The van der Waals surface area contributed by atoms with Gasteiger partial charge in [0.25, 0.3) is 0 Å².